The van der Waals surface area contributed by atoms with E-state index < -0.39 is 40.9 Å². The molecule has 5 nitrogen and oxygen atoms in total. The van der Waals surface area contributed by atoms with Crippen LogP contribution in [0, 0.1) is 31.3 Å². The number of ketones is 1. The molecule has 1 saturated heterocycles. The highest BCUT2D eigenvalue weighted by Crippen LogP contribution is 2.44. The van der Waals surface area contributed by atoms with Crippen molar-refractivity contribution in [1.29, 1.82) is 0 Å². The summed E-state index contributed by atoms with van der Waals surface area (Å²) in [4.78, 5) is 27.1. The van der Waals surface area contributed by atoms with Crippen molar-refractivity contribution in [3.05, 3.63) is 99.9 Å². The first-order chi connectivity index (χ1) is 16.1. The van der Waals surface area contributed by atoms with Gasteiger partial charge in [-0.3, -0.25) is 14.5 Å². The highest BCUT2D eigenvalue weighted by molar-refractivity contribution is 6.51. The maximum absolute atomic E-state index is 14.7. The zero-order chi connectivity index (χ0) is 24.7. The SMILES string of the molecule is COc1c(C)cc(C)cc1/C(O)=C1\C(=O)C(=O)N(c2ccc(F)cc2F)C1c1ccc(F)cc1. The van der Waals surface area contributed by atoms with E-state index in [1.54, 1.807) is 19.9 Å². The average Bonchev–Trinajstić information content (AvgIpc) is 3.04. The Kier molecular flexibility index (Phi) is 5.91. The molecule has 1 heterocycles. The second-order valence-electron chi connectivity index (χ2n) is 7.98. The first-order valence-corrected chi connectivity index (χ1v) is 10.3. The molecule has 0 saturated carbocycles. The van der Waals surface area contributed by atoms with Crippen LogP contribution in [0.5, 0.6) is 5.75 Å². The van der Waals surface area contributed by atoms with Gasteiger partial charge in [0.2, 0.25) is 0 Å². The van der Waals surface area contributed by atoms with E-state index in [0.717, 1.165) is 34.7 Å². The van der Waals surface area contributed by atoms with E-state index in [4.69, 9.17) is 4.74 Å². The lowest BCUT2D eigenvalue weighted by molar-refractivity contribution is -0.132. The maximum atomic E-state index is 14.7. The largest absolute Gasteiger partial charge is 0.507 e. The number of methoxy groups -OCH3 is 1. The van der Waals surface area contributed by atoms with Gasteiger partial charge in [0.1, 0.15) is 29.0 Å². The van der Waals surface area contributed by atoms with Crippen LogP contribution in [0.4, 0.5) is 18.9 Å². The van der Waals surface area contributed by atoms with Gasteiger partial charge in [0, 0.05) is 6.07 Å². The molecule has 8 heteroatoms. The smallest absolute Gasteiger partial charge is 0.300 e. The van der Waals surface area contributed by atoms with Gasteiger partial charge in [-0.1, -0.05) is 18.2 Å². The average molecular weight is 467 g/mol. The van der Waals surface area contributed by atoms with Crippen molar-refractivity contribution in [2.75, 3.05) is 12.0 Å². The van der Waals surface area contributed by atoms with Crippen molar-refractivity contribution in [2.45, 2.75) is 19.9 Å². The topological polar surface area (TPSA) is 66.8 Å². The van der Waals surface area contributed by atoms with Crippen molar-refractivity contribution in [2.24, 2.45) is 0 Å². The van der Waals surface area contributed by atoms with Gasteiger partial charge in [-0.05, 0) is 60.9 Å². The lowest BCUT2D eigenvalue weighted by Crippen LogP contribution is -2.30. The molecule has 1 unspecified atom stereocenters. The number of hydrogen-bond acceptors (Lipinski definition) is 4. The molecule has 0 spiro atoms. The van der Waals surface area contributed by atoms with E-state index in [1.807, 2.05) is 6.07 Å². The van der Waals surface area contributed by atoms with Crippen LogP contribution in [-0.2, 0) is 9.59 Å². The minimum atomic E-state index is -1.30. The number of benzene rings is 3. The molecule has 3 aromatic rings. The zero-order valence-electron chi connectivity index (χ0n) is 18.5. The molecule has 1 aliphatic heterocycles. The Morgan fingerprint density at radius 1 is 0.941 bits per heavy atom. The van der Waals surface area contributed by atoms with Gasteiger partial charge in [-0.25, -0.2) is 13.2 Å². The van der Waals surface area contributed by atoms with Crippen molar-refractivity contribution in [3.63, 3.8) is 0 Å². The second-order valence-corrected chi connectivity index (χ2v) is 7.98. The summed E-state index contributed by atoms with van der Waals surface area (Å²) in [6.07, 6.45) is 0. The molecule has 3 aromatic carbocycles. The summed E-state index contributed by atoms with van der Waals surface area (Å²) >= 11 is 0. The molecule has 1 fully saturated rings. The number of amides is 1. The number of aliphatic hydroxyl groups is 1. The molecular formula is C26H20F3NO4. The monoisotopic (exact) mass is 467 g/mol. The minimum Gasteiger partial charge on any atom is -0.507 e. The van der Waals surface area contributed by atoms with Crippen LogP contribution in [0.15, 0.2) is 60.2 Å². The number of nitrogens with zero attached hydrogens (tertiary/aromatic N) is 1. The fourth-order valence-electron chi connectivity index (χ4n) is 4.26. The quantitative estimate of drug-likeness (QED) is 0.319. The van der Waals surface area contributed by atoms with Crippen LogP contribution in [0.3, 0.4) is 0 Å². The summed E-state index contributed by atoms with van der Waals surface area (Å²) < 4.78 is 47.3. The standard InChI is InChI=1S/C26H20F3NO4/c1-13-10-14(2)25(34-3)18(11-13)23(31)21-22(15-4-6-16(27)7-5-15)30(26(33)24(21)32)20-9-8-17(28)12-19(20)29/h4-12,22,31H,1-3H3/b23-21+. The van der Waals surface area contributed by atoms with Crippen LogP contribution >= 0.6 is 0 Å². The summed E-state index contributed by atoms with van der Waals surface area (Å²) in [6.45, 7) is 3.54. The number of ether oxygens (including phenoxy) is 1. The van der Waals surface area contributed by atoms with E-state index in [0.29, 0.717) is 17.4 Å². The molecule has 1 atom stereocenters. The fraction of sp³-hybridized carbons (Fsp3) is 0.154. The van der Waals surface area contributed by atoms with Gasteiger partial charge in [0.15, 0.2) is 0 Å². The Morgan fingerprint density at radius 2 is 1.59 bits per heavy atom. The number of carbonyl (C=O) groups is 2. The molecule has 1 amide bonds. The van der Waals surface area contributed by atoms with Gasteiger partial charge in [-0.15, -0.1) is 0 Å². The molecule has 1 aliphatic rings. The van der Waals surface area contributed by atoms with Crippen LogP contribution in [0.1, 0.15) is 28.3 Å². The van der Waals surface area contributed by atoms with E-state index >= 15 is 0 Å². The van der Waals surface area contributed by atoms with Gasteiger partial charge in [-0.2, -0.15) is 0 Å². The number of rotatable bonds is 4. The van der Waals surface area contributed by atoms with Crippen molar-refractivity contribution >= 4 is 23.1 Å². The summed E-state index contributed by atoms with van der Waals surface area (Å²) in [5.74, 6) is -4.93. The molecular weight excluding hydrogens is 447 g/mol. The molecule has 0 radical (unpaired) electrons. The Bertz CT molecular complexity index is 1350. The summed E-state index contributed by atoms with van der Waals surface area (Å²) in [5, 5.41) is 11.3. The highest BCUT2D eigenvalue weighted by Gasteiger charge is 2.48. The van der Waals surface area contributed by atoms with Crippen LogP contribution in [0.2, 0.25) is 0 Å². The lowest BCUT2D eigenvalue weighted by atomic mass is 9.93. The number of halogens is 3. The predicted molar refractivity (Wildman–Crippen MR) is 120 cm³/mol. The molecule has 174 valence electrons. The Hall–Kier alpha value is -4.07. The third kappa shape index (κ3) is 3.81. The van der Waals surface area contributed by atoms with Crippen molar-refractivity contribution in [1.82, 2.24) is 0 Å². The van der Waals surface area contributed by atoms with Crippen molar-refractivity contribution < 1.29 is 32.6 Å². The van der Waals surface area contributed by atoms with Gasteiger partial charge in [0.05, 0.1) is 30.0 Å². The first kappa shape index (κ1) is 23.1. The van der Waals surface area contributed by atoms with Crippen LogP contribution in [0.25, 0.3) is 5.76 Å². The van der Waals surface area contributed by atoms with Gasteiger partial charge < -0.3 is 9.84 Å². The van der Waals surface area contributed by atoms with Gasteiger partial charge >= 0.3 is 0 Å². The number of hydrogen-bond donors (Lipinski definition) is 1. The number of Topliss-reactive ketones (excluding diaryl/α,β-unsaturated/α-hetero) is 1. The fourth-order valence-corrected chi connectivity index (χ4v) is 4.26. The Labute approximate surface area is 193 Å². The predicted octanol–water partition coefficient (Wildman–Crippen LogP) is 5.36. The second kappa shape index (κ2) is 8.70. The molecule has 1 N–H and O–H groups in total. The molecule has 0 aliphatic carbocycles. The Balaban J connectivity index is 2.02. The van der Waals surface area contributed by atoms with E-state index in [-0.39, 0.29) is 22.4 Å². The number of carbonyl (C=O) groups excluding carboxylic acids is 2. The van der Waals surface area contributed by atoms with Crippen LogP contribution in [-0.4, -0.2) is 23.9 Å². The third-order valence-corrected chi connectivity index (χ3v) is 5.68. The zero-order valence-corrected chi connectivity index (χ0v) is 18.5. The number of anilines is 1. The summed E-state index contributed by atoms with van der Waals surface area (Å²) in [6, 6.07) is 9.57. The molecule has 0 bridgehead atoms. The molecule has 0 aromatic heterocycles. The van der Waals surface area contributed by atoms with E-state index in [1.165, 1.54) is 19.2 Å². The maximum Gasteiger partial charge on any atom is 0.300 e. The first-order valence-electron chi connectivity index (χ1n) is 10.3. The summed E-state index contributed by atoms with van der Waals surface area (Å²) in [5.41, 5.74) is 1.17. The molecule has 34 heavy (non-hydrogen) atoms. The third-order valence-electron chi connectivity index (χ3n) is 5.68. The minimum absolute atomic E-state index is 0.171. The van der Waals surface area contributed by atoms with Crippen molar-refractivity contribution in [3.8, 4) is 5.75 Å². The van der Waals surface area contributed by atoms with E-state index in [9.17, 15) is 27.9 Å². The molecule has 4 rings (SSSR count). The van der Waals surface area contributed by atoms with Crippen LogP contribution < -0.4 is 9.64 Å². The lowest BCUT2D eigenvalue weighted by Gasteiger charge is -2.26. The summed E-state index contributed by atoms with van der Waals surface area (Å²) in [7, 11) is 1.40. The number of aliphatic hydroxyl groups excluding tert-OH is 1. The highest BCUT2D eigenvalue weighted by atomic mass is 19.1. The Morgan fingerprint density at radius 3 is 2.21 bits per heavy atom. The number of aryl methyl sites for hydroxylation is 2. The normalized spacial score (nSPS) is 17.4. The van der Waals surface area contributed by atoms with E-state index in [2.05, 4.69) is 0 Å². The van der Waals surface area contributed by atoms with Gasteiger partial charge in [0.25, 0.3) is 11.7 Å².